The molecule has 0 bridgehead atoms. The molecule has 1 aliphatic rings. The molecule has 0 radical (unpaired) electrons. The minimum atomic E-state index is -0.496. The van der Waals surface area contributed by atoms with Gasteiger partial charge in [-0.2, -0.15) is 0 Å². The van der Waals surface area contributed by atoms with Crippen LogP contribution >= 0.6 is 0 Å². The molecular weight excluding hydrogens is 310 g/mol. The molecule has 6 heteroatoms. The number of carbonyl (C=O) groups is 2. The first kappa shape index (κ1) is 15.7. The number of oxime groups is 1. The monoisotopic (exact) mass is 325 g/mol. The van der Waals surface area contributed by atoms with E-state index < -0.39 is 5.97 Å². The summed E-state index contributed by atoms with van der Waals surface area (Å²) in [6, 6.07) is 10.5. The van der Waals surface area contributed by atoms with Crippen LogP contribution < -0.4 is 0 Å². The normalized spacial score (nSPS) is 15.3. The molecule has 2 heterocycles. The molecule has 0 saturated carbocycles. The van der Waals surface area contributed by atoms with Crippen LogP contribution in [0.5, 0.6) is 0 Å². The number of nitrogens with zero attached hydrogens (tertiary/aromatic N) is 1. The van der Waals surface area contributed by atoms with Gasteiger partial charge in [-0.1, -0.05) is 17.3 Å². The predicted octanol–water partition coefficient (Wildman–Crippen LogP) is 3.44. The number of rotatable bonds is 4. The van der Waals surface area contributed by atoms with Crippen LogP contribution in [0.1, 0.15) is 30.0 Å². The summed E-state index contributed by atoms with van der Waals surface area (Å²) in [6.07, 6.45) is 1.59. The number of benzene rings is 1. The molecule has 0 atom stereocenters. The third kappa shape index (κ3) is 3.12. The number of carbonyl (C=O) groups excluding carboxylic acids is 2. The quantitative estimate of drug-likeness (QED) is 0.489. The van der Waals surface area contributed by atoms with Crippen LogP contribution in [0.2, 0.25) is 0 Å². The largest absolute Gasteiger partial charge is 0.462 e. The van der Waals surface area contributed by atoms with Crippen LogP contribution in [0, 0.1) is 0 Å². The zero-order chi connectivity index (χ0) is 17.1. The highest BCUT2D eigenvalue weighted by Gasteiger charge is 2.22. The highest BCUT2D eigenvalue weighted by atomic mass is 16.7. The smallest absolute Gasteiger partial charge is 0.367 e. The van der Waals surface area contributed by atoms with Crippen molar-refractivity contribution in [3.05, 3.63) is 53.3 Å². The van der Waals surface area contributed by atoms with Crippen molar-refractivity contribution in [2.24, 2.45) is 5.16 Å². The Bertz CT molecular complexity index is 843. The highest BCUT2D eigenvalue weighted by Crippen LogP contribution is 2.25. The lowest BCUT2D eigenvalue weighted by molar-refractivity contribution is -0.136. The first-order valence-corrected chi connectivity index (χ1v) is 7.44. The number of furan rings is 1. The fraction of sp³-hybridized carbons (Fsp3) is 0.167. The molecule has 24 heavy (non-hydrogen) atoms. The van der Waals surface area contributed by atoms with E-state index in [0.717, 1.165) is 5.56 Å². The van der Waals surface area contributed by atoms with Crippen molar-refractivity contribution in [1.82, 2.24) is 0 Å². The lowest BCUT2D eigenvalue weighted by Crippen LogP contribution is -2.03. The Morgan fingerprint density at radius 2 is 1.96 bits per heavy atom. The summed E-state index contributed by atoms with van der Waals surface area (Å²) < 4.78 is 10.7. The van der Waals surface area contributed by atoms with E-state index in [4.69, 9.17) is 9.15 Å². The average molecular weight is 325 g/mol. The Morgan fingerprint density at radius 1 is 1.21 bits per heavy atom. The first-order chi connectivity index (χ1) is 11.6. The van der Waals surface area contributed by atoms with Crippen molar-refractivity contribution in [3.63, 3.8) is 0 Å². The van der Waals surface area contributed by atoms with Crippen molar-refractivity contribution in [1.29, 1.82) is 0 Å². The van der Waals surface area contributed by atoms with Crippen LogP contribution in [-0.4, -0.2) is 24.3 Å². The third-order valence-electron chi connectivity index (χ3n) is 3.47. The summed E-state index contributed by atoms with van der Waals surface area (Å²) in [5, 5.41) is 3.61. The molecule has 0 amide bonds. The molecule has 0 aliphatic carbocycles. The molecule has 3 rings (SSSR count). The van der Waals surface area contributed by atoms with Gasteiger partial charge >= 0.3 is 11.9 Å². The fourth-order valence-electron chi connectivity index (χ4n) is 2.23. The second kappa shape index (κ2) is 6.54. The minimum absolute atomic E-state index is 0.335. The summed E-state index contributed by atoms with van der Waals surface area (Å²) in [5.74, 6) is 0.286. The van der Waals surface area contributed by atoms with Gasteiger partial charge in [0.2, 0.25) is 0 Å². The van der Waals surface area contributed by atoms with Crippen LogP contribution in [0.25, 0.3) is 17.4 Å². The van der Waals surface area contributed by atoms with Gasteiger partial charge in [-0.25, -0.2) is 9.59 Å². The highest BCUT2D eigenvalue weighted by molar-refractivity contribution is 6.24. The molecule has 0 unspecified atom stereocenters. The van der Waals surface area contributed by atoms with Crippen molar-refractivity contribution in [3.8, 4) is 11.3 Å². The van der Waals surface area contributed by atoms with Crippen molar-refractivity contribution in [2.45, 2.75) is 13.8 Å². The van der Waals surface area contributed by atoms with Gasteiger partial charge in [-0.3, -0.25) is 0 Å². The zero-order valence-electron chi connectivity index (χ0n) is 13.2. The SMILES string of the molecule is CCOC(=O)c1ccc(-c2ccc(C=C3C(=O)ON=C3C)o2)cc1. The standard InChI is InChI=1S/C18H15NO5/c1-3-22-17(20)13-6-4-12(5-7-13)16-9-8-14(23-16)10-15-11(2)19-24-18(15)21/h4-10H,3H2,1-2H3. The Hall–Kier alpha value is -3.15. The van der Waals surface area contributed by atoms with Gasteiger partial charge in [0.1, 0.15) is 11.5 Å². The number of ether oxygens (including phenoxy) is 1. The van der Waals surface area contributed by atoms with Gasteiger partial charge in [-0.15, -0.1) is 0 Å². The number of hydrogen-bond donors (Lipinski definition) is 0. The predicted molar refractivity (Wildman–Crippen MR) is 87.3 cm³/mol. The maximum absolute atomic E-state index is 11.6. The van der Waals surface area contributed by atoms with Gasteiger partial charge in [0, 0.05) is 5.56 Å². The molecule has 2 aromatic rings. The van der Waals surface area contributed by atoms with E-state index in [0.29, 0.717) is 35.0 Å². The molecule has 6 nitrogen and oxygen atoms in total. The van der Waals surface area contributed by atoms with E-state index in [-0.39, 0.29) is 5.97 Å². The Labute approximate surface area is 138 Å². The van der Waals surface area contributed by atoms with Gasteiger partial charge in [0.25, 0.3) is 0 Å². The summed E-state index contributed by atoms with van der Waals surface area (Å²) in [7, 11) is 0. The molecular formula is C18H15NO5. The summed E-state index contributed by atoms with van der Waals surface area (Å²) in [5.41, 5.74) is 2.17. The maximum Gasteiger partial charge on any atom is 0.367 e. The molecule has 0 N–H and O–H groups in total. The second-order valence-corrected chi connectivity index (χ2v) is 5.11. The minimum Gasteiger partial charge on any atom is -0.462 e. The third-order valence-corrected chi connectivity index (χ3v) is 3.47. The van der Waals surface area contributed by atoms with E-state index in [1.807, 2.05) is 0 Å². The van der Waals surface area contributed by atoms with E-state index >= 15 is 0 Å². The van der Waals surface area contributed by atoms with Gasteiger partial charge < -0.3 is 14.0 Å². The van der Waals surface area contributed by atoms with Crippen LogP contribution in [0.15, 0.2) is 51.5 Å². The lowest BCUT2D eigenvalue weighted by atomic mass is 10.1. The molecule has 0 saturated heterocycles. The second-order valence-electron chi connectivity index (χ2n) is 5.11. The molecule has 0 fully saturated rings. The lowest BCUT2D eigenvalue weighted by Gasteiger charge is -2.02. The first-order valence-electron chi connectivity index (χ1n) is 7.44. The van der Waals surface area contributed by atoms with E-state index in [9.17, 15) is 9.59 Å². The van der Waals surface area contributed by atoms with E-state index in [1.54, 1.807) is 56.3 Å². The Balaban J connectivity index is 1.81. The summed E-state index contributed by atoms with van der Waals surface area (Å²) in [4.78, 5) is 27.8. The van der Waals surface area contributed by atoms with Crippen LogP contribution in [0.3, 0.4) is 0 Å². The Kier molecular flexibility index (Phi) is 4.29. The number of esters is 1. The molecule has 1 aliphatic heterocycles. The van der Waals surface area contributed by atoms with Gasteiger partial charge in [0.15, 0.2) is 0 Å². The molecule has 122 valence electrons. The van der Waals surface area contributed by atoms with E-state index in [2.05, 4.69) is 9.99 Å². The molecule has 0 spiro atoms. The van der Waals surface area contributed by atoms with Crippen LogP contribution in [-0.2, 0) is 14.4 Å². The number of hydrogen-bond acceptors (Lipinski definition) is 6. The van der Waals surface area contributed by atoms with Crippen molar-refractivity contribution in [2.75, 3.05) is 6.61 Å². The molecule has 1 aromatic heterocycles. The zero-order valence-corrected chi connectivity index (χ0v) is 13.2. The topological polar surface area (TPSA) is 78.1 Å². The summed E-state index contributed by atoms with van der Waals surface area (Å²) >= 11 is 0. The maximum atomic E-state index is 11.6. The van der Waals surface area contributed by atoms with E-state index in [1.165, 1.54) is 0 Å². The van der Waals surface area contributed by atoms with Crippen molar-refractivity contribution < 1.29 is 23.6 Å². The van der Waals surface area contributed by atoms with Crippen molar-refractivity contribution >= 4 is 23.7 Å². The Morgan fingerprint density at radius 3 is 2.58 bits per heavy atom. The molecule has 1 aromatic carbocycles. The van der Waals surface area contributed by atoms with Gasteiger partial charge in [0.05, 0.1) is 23.5 Å². The average Bonchev–Trinajstić information content (AvgIpc) is 3.17. The fourth-order valence-corrected chi connectivity index (χ4v) is 2.23. The van der Waals surface area contributed by atoms with Gasteiger partial charge in [-0.05, 0) is 44.2 Å². The summed E-state index contributed by atoms with van der Waals surface area (Å²) in [6.45, 7) is 3.79. The van der Waals surface area contributed by atoms with Crippen LogP contribution in [0.4, 0.5) is 0 Å².